The summed E-state index contributed by atoms with van der Waals surface area (Å²) in [4.78, 5) is 27.5. The van der Waals surface area contributed by atoms with E-state index in [9.17, 15) is 9.59 Å². The van der Waals surface area contributed by atoms with Gasteiger partial charge in [0.05, 0.1) is 0 Å². The minimum Gasteiger partial charge on any atom is -0.367 e. The van der Waals surface area contributed by atoms with E-state index >= 15 is 0 Å². The van der Waals surface area contributed by atoms with Crippen molar-refractivity contribution in [2.75, 3.05) is 13.1 Å². The summed E-state index contributed by atoms with van der Waals surface area (Å²) >= 11 is 5.34. The molecule has 4 nitrogen and oxygen atoms in total. The van der Waals surface area contributed by atoms with Crippen molar-refractivity contribution in [3.8, 4) is 0 Å². The first-order valence-corrected chi connectivity index (χ1v) is 5.12. The second-order valence-corrected chi connectivity index (χ2v) is 3.69. The van der Waals surface area contributed by atoms with Crippen LogP contribution in [0.1, 0.15) is 26.7 Å². The van der Waals surface area contributed by atoms with E-state index in [4.69, 9.17) is 16.4 Å². The van der Waals surface area contributed by atoms with E-state index in [2.05, 4.69) is 0 Å². The third-order valence-electron chi connectivity index (χ3n) is 2.43. The molecule has 0 aromatic rings. The Balaban J connectivity index is 2.54. The fourth-order valence-electron chi connectivity index (χ4n) is 1.16. The molecule has 0 spiro atoms. The third-order valence-corrected chi connectivity index (χ3v) is 2.80. The number of rotatable bonds is 5. The molecule has 0 aromatic carbocycles. The summed E-state index contributed by atoms with van der Waals surface area (Å²) in [6, 6.07) is 0. The van der Waals surface area contributed by atoms with Gasteiger partial charge in [-0.15, -0.1) is 5.06 Å². The molecule has 0 aliphatic heterocycles. The molecule has 0 N–H and O–H groups in total. The molecule has 80 valence electrons. The van der Waals surface area contributed by atoms with Crippen molar-refractivity contribution in [2.24, 2.45) is 5.41 Å². The van der Waals surface area contributed by atoms with Gasteiger partial charge in [-0.05, 0) is 38.3 Å². The number of carbonyl (C=O) groups is 2. The molecule has 0 saturated heterocycles. The molecule has 0 radical (unpaired) electrons. The summed E-state index contributed by atoms with van der Waals surface area (Å²) in [5.41, 5.74) is -1.04. The molecule has 0 unspecified atom stereocenters. The van der Waals surface area contributed by atoms with Crippen molar-refractivity contribution >= 4 is 22.8 Å². The van der Waals surface area contributed by atoms with Gasteiger partial charge < -0.3 is 4.84 Å². The zero-order valence-corrected chi connectivity index (χ0v) is 9.13. The highest BCUT2D eigenvalue weighted by Gasteiger charge is 2.58. The Hall–Kier alpha value is -0.610. The minimum absolute atomic E-state index is 0.509. The zero-order chi connectivity index (χ0) is 10.8. The Morgan fingerprint density at radius 1 is 1.36 bits per heavy atom. The van der Waals surface area contributed by atoms with Crippen LogP contribution in [0.4, 0.5) is 0 Å². The molecule has 0 aromatic heterocycles. The standard InChI is InChI=1S/C9H14ClNO3/c1-3-11(4-2)14-8(13)9(5-6-9)7(10)12/h3-6H2,1-2H3. The Bertz CT molecular complexity index is 246. The van der Waals surface area contributed by atoms with Crippen molar-refractivity contribution < 1.29 is 14.4 Å². The topological polar surface area (TPSA) is 46.6 Å². The second-order valence-electron chi connectivity index (χ2n) is 3.35. The fourth-order valence-corrected chi connectivity index (χ4v) is 1.43. The first-order chi connectivity index (χ1) is 6.56. The van der Waals surface area contributed by atoms with Crippen LogP contribution in [0, 0.1) is 5.41 Å². The van der Waals surface area contributed by atoms with Crippen LogP contribution >= 0.6 is 11.6 Å². The van der Waals surface area contributed by atoms with Crippen molar-refractivity contribution in [1.82, 2.24) is 5.06 Å². The van der Waals surface area contributed by atoms with Gasteiger partial charge in [-0.2, -0.15) is 0 Å². The number of nitrogens with zero attached hydrogens (tertiary/aromatic N) is 1. The lowest BCUT2D eigenvalue weighted by molar-refractivity contribution is -0.195. The van der Waals surface area contributed by atoms with E-state index in [0.29, 0.717) is 25.9 Å². The Morgan fingerprint density at radius 2 is 1.86 bits per heavy atom. The van der Waals surface area contributed by atoms with Crippen LogP contribution in [0.5, 0.6) is 0 Å². The summed E-state index contributed by atoms with van der Waals surface area (Å²) in [7, 11) is 0. The molecule has 1 aliphatic rings. The van der Waals surface area contributed by atoms with Crippen LogP contribution in [0.25, 0.3) is 0 Å². The van der Waals surface area contributed by atoms with Crippen molar-refractivity contribution in [2.45, 2.75) is 26.7 Å². The Kier molecular flexibility index (Phi) is 3.50. The van der Waals surface area contributed by atoms with Crippen LogP contribution in [-0.4, -0.2) is 29.4 Å². The number of hydroxylamine groups is 2. The smallest absolute Gasteiger partial charge is 0.339 e. The maximum absolute atomic E-state index is 11.5. The lowest BCUT2D eigenvalue weighted by Gasteiger charge is -2.19. The highest BCUT2D eigenvalue weighted by molar-refractivity contribution is 6.66. The van der Waals surface area contributed by atoms with Gasteiger partial charge in [0.2, 0.25) is 5.24 Å². The fraction of sp³-hybridized carbons (Fsp3) is 0.778. The molecule has 0 amide bonds. The van der Waals surface area contributed by atoms with E-state index in [1.54, 1.807) is 0 Å². The van der Waals surface area contributed by atoms with Gasteiger partial charge in [0.15, 0.2) is 0 Å². The summed E-state index contributed by atoms with van der Waals surface area (Å²) in [5.74, 6) is -0.513. The molecule has 5 heteroatoms. The second kappa shape index (κ2) is 4.28. The van der Waals surface area contributed by atoms with Crippen LogP contribution in [0.15, 0.2) is 0 Å². The lowest BCUT2D eigenvalue weighted by atomic mass is 10.1. The predicted octanol–water partition coefficient (Wildman–Crippen LogP) is 1.33. The van der Waals surface area contributed by atoms with Gasteiger partial charge in [-0.3, -0.25) is 4.79 Å². The van der Waals surface area contributed by atoms with Gasteiger partial charge >= 0.3 is 5.97 Å². The minimum atomic E-state index is -1.04. The van der Waals surface area contributed by atoms with E-state index in [-0.39, 0.29) is 0 Å². The van der Waals surface area contributed by atoms with E-state index in [1.807, 2.05) is 13.8 Å². The largest absolute Gasteiger partial charge is 0.367 e. The van der Waals surface area contributed by atoms with E-state index in [1.165, 1.54) is 5.06 Å². The average Bonchev–Trinajstić information content (AvgIpc) is 2.94. The first-order valence-electron chi connectivity index (χ1n) is 4.74. The number of hydrogen-bond donors (Lipinski definition) is 0. The molecule has 1 rings (SSSR count). The van der Waals surface area contributed by atoms with Gasteiger partial charge in [0.25, 0.3) is 0 Å². The molecule has 0 heterocycles. The van der Waals surface area contributed by atoms with Crippen LogP contribution in [-0.2, 0) is 14.4 Å². The molecule has 14 heavy (non-hydrogen) atoms. The van der Waals surface area contributed by atoms with Crippen molar-refractivity contribution in [3.05, 3.63) is 0 Å². The monoisotopic (exact) mass is 219 g/mol. The molecular formula is C9H14ClNO3. The molecule has 0 atom stereocenters. The quantitative estimate of drug-likeness (QED) is 0.398. The summed E-state index contributed by atoms with van der Waals surface area (Å²) in [6.07, 6.45) is 1.02. The molecule has 1 fully saturated rings. The zero-order valence-electron chi connectivity index (χ0n) is 8.38. The van der Waals surface area contributed by atoms with Crippen LogP contribution in [0.3, 0.4) is 0 Å². The predicted molar refractivity (Wildman–Crippen MR) is 51.5 cm³/mol. The number of halogens is 1. The summed E-state index contributed by atoms with van der Waals surface area (Å²) in [5, 5.41) is 0.900. The Labute approximate surface area is 88.1 Å². The average molecular weight is 220 g/mol. The summed E-state index contributed by atoms with van der Waals surface area (Å²) < 4.78 is 0. The summed E-state index contributed by atoms with van der Waals surface area (Å²) in [6.45, 7) is 4.96. The molecular weight excluding hydrogens is 206 g/mol. The molecule has 0 bridgehead atoms. The first kappa shape index (κ1) is 11.5. The van der Waals surface area contributed by atoms with Crippen molar-refractivity contribution in [3.63, 3.8) is 0 Å². The SMILES string of the molecule is CCN(CC)OC(=O)C1(C(=O)Cl)CC1. The third kappa shape index (κ3) is 2.07. The van der Waals surface area contributed by atoms with E-state index < -0.39 is 16.6 Å². The van der Waals surface area contributed by atoms with Gasteiger partial charge in [-0.1, -0.05) is 0 Å². The number of hydrogen-bond acceptors (Lipinski definition) is 4. The normalized spacial score (nSPS) is 18.0. The molecule has 1 saturated carbocycles. The highest BCUT2D eigenvalue weighted by Crippen LogP contribution is 2.48. The lowest BCUT2D eigenvalue weighted by Crippen LogP contribution is -2.33. The van der Waals surface area contributed by atoms with Gasteiger partial charge in [-0.25, -0.2) is 4.79 Å². The molecule has 1 aliphatic carbocycles. The highest BCUT2D eigenvalue weighted by atomic mass is 35.5. The van der Waals surface area contributed by atoms with Crippen molar-refractivity contribution in [1.29, 1.82) is 0 Å². The van der Waals surface area contributed by atoms with Gasteiger partial charge in [0, 0.05) is 13.1 Å². The van der Waals surface area contributed by atoms with Crippen LogP contribution in [0.2, 0.25) is 0 Å². The maximum Gasteiger partial charge on any atom is 0.339 e. The number of carbonyl (C=O) groups excluding carboxylic acids is 2. The maximum atomic E-state index is 11.5. The van der Waals surface area contributed by atoms with E-state index in [0.717, 1.165) is 0 Å². The van der Waals surface area contributed by atoms with Crippen LogP contribution < -0.4 is 0 Å². The Morgan fingerprint density at radius 3 is 2.14 bits per heavy atom. The van der Waals surface area contributed by atoms with Gasteiger partial charge in [0.1, 0.15) is 5.41 Å².